The first-order valence-corrected chi connectivity index (χ1v) is 12.3. The normalized spacial score (nSPS) is 17.7. The third-order valence-electron chi connectivity index (χ3n) is 6.77. The van der Waals surface area contributed by atoms with E-state index in [9.17, 15) is 14.3 Å². The fourth-order valence-corrected chi connectivity index (χ4v) is 5.08. The summed E-state index contributed by atoms with van der Waals surface area (Å²) in [5.41, 5.74) is 4.26. The summed E-state index contributed by atoms with van der Waals surface area (Å²) in [5.74, 6) is -0.415. The monoisotopic (exact) mass is 501 g/mol. The van der Waals surface area contributed by atoms with Gasteiger partial charge in [0.2, 0.25) is 0 Å². The Balaban J connectivity index is 1.33. The van der Waals surface area contributed by atoms with E-state index in [1.54, 1.807) is 16.3 Å². The van der Waals surface area contributed by atoms with Crippen LogP contribution in [0.2, 0.25) is 5.02 Å². The van der Waals surface area contributed by atoms with Crippen molar-refractivity contribution in [3.8, 4) is 5.75 Å². The van der Waals surface area contributed by atoms with Crippen LogP contribution in [-0.2, 0) is 13.1 Å². The number of carbonyl (C=O) groups excluding carboxylic acids is 1. The Hall–Kier alpha value is -2.75. The average molecular weight is 502 g/mol. The van der Waals surface area contributed by atoms with Gasteiger partial charge in [-0.05, 0) is 45.7 Å². The highest BCUT2D eigenvalue weighted by Crippen LogP contribution is 2.32. The van der Waals surface area contributed by atoms with E-state index in [2.05, 4.69) is 15.0 Å². The van der Waals surface area contributed by atoms with Crippen LogP contribution in [0.25, 0.3) is 5.65 Å². The first-order chi connectivity index (χ1) is 16.7. The lowest BCUT2D eigenvalue weighted by molar-refractivity contribution is 0.0638. The number of piperidine rings is 1. The molecule has 5 rings (SSSR count). The summed E-state index contributed by atoms with van der Waals surface area (Å²) in [7, 11) is 0. The molecule has 0 aliphatic carbocycles. The first kappa shape index (κ1) is 24.0. The minimum atomic E-state index is -0.447. The molecule has 1 aromatic carbocycles. The molecular weight excluding hydrogens is 473 g/mol. The SMILES string of the molecule is Cc1nc2c3c(nn2c(C)c1Cl)CN(C(=O)c1ccc(F)cc1OC1CCN(CC(C)O)CC1)C3. The van der Waals surface area contributed by atoms with Crippen molar-refractivity contribution in [2.24, 2.45) is 0 Å². The zero-order valence-electron chi connectivity index (χ0n) is 20.1. The number of rotatable bonds is 5. The molecule has 1 fully saturated rings. The molecule has 0 saturated carbocycles. The van der Waals surface area contributed by atoms with Gasteiger partial charge in [-0.15, -0.1) is 0 Å². The number of aliphatic hydroxyl groups excluding tert-OH is 1. The second-order valence-corrected chi connectivity index (χ2v) is 9.90. The van der Waals surface area contributed by atoms with Crippen molar-refractivity contribution in [3.63, 3.8) is 0 Å². The number of hydrogen-bond donors (Lipinski definition) is 1. The Bertz CT molecular complexity index is 1290. The molecule has 0 spiro atoms. The molecule has 0 radical (unpaired) electrons. The molecule has 0 bridgehead atoms. The summed E-state index contributed by atoms with van der Waals surface area (Å²) in [6, 6.07) is 4.07. The zero-order valence-corrected chi connectivity index (χ0v) is 20.8. The third kappa shape index (κ3) is 4.60. The van der Waals surface area contributed by atoms with Crippen LogP contribution in [0.3, 0.4) is 0 Å². The Kier molecular flexibility index (Phi) is 6.41. The standard InChI is InChI=1S/C25H29ClFN5O3/c1-14(33)11-30-8-6-18(7-9-30)35-22-10-17(27)4-5-19(22)25(34)31-12-20-21(13-31)29-32-16(3)23(26)15(2)28-24(20)32/h4-5,10,14,18,33H,6-9,11-13H2,1-3H3. The lowest BCUT2D eigenvalue weighted by Crippen LogP contribution is -2.41. The lowest BCUT2D eigenvalue weighted by atomic mass is 10.1. The Morgan fingerprint density at radius 3 is 2.74 bits per heavy atom. The van der Waals surface area contributed by atoms with Crippen molar-refractivity contribution in [1.82, 2.24) is 24.4 Å². The van der Waals surface area contributed by atoms with Crippen molar-refractivity contribution < 1.29 is 19.0 Å². The van der Waals surface area contributed by atoms with Crippen LogP contribution in [0.1, 0.15) is 52.8 Å². The van der Waals surface area contributed by atoms with Crippen LogP contribution in [0, 0.1) is 19.7 Å². The summed E-state index contributed by atoms with van der Waals surface area (Å²) in [4.78, 5) is 22.0. The molecule has 1 amide bonds. The smallest absolute Gasteiger partial charge is 0.258 e. The molecule has 2 aliphatic rings. The van der Waals surface area contributed by atoms with E-state index in [1.165, 1.54) is 18.2 Å². The number of halogens is 2. The molecule has 1 saturated heterocycles. The molecule has 8 nitrogen and oxygen atoms in total. The zero-order chi connectivity index (χ0) is 24.9. The van der Waals surface area contributed by atoms with Crippen LogP contribution in [0.4, 0.5) is 4.39 Å². The molecule has 1 unspecified atom stereocenters. The maximum atomic E-state index is 14.1. The van der Waals surface area contributed by atoms with Gasteiger partial charge in [0.05, 0.1) is 46.9 Å². The number of aryl methyl sites for hydroxylation is 2. The van der Waals surface area contributed by atoms with Gasteiger partial charge in [0, 0.05) is 31.3 Å². The Morgan fingerprint density at radius 2 is 2.03 bits per heavy atom. The highest BCUT2D eigenvalue weighted by atomic mass is 35.5. The van der Waals surface area contributed by atoms with Crippen LogP contribution in [0.5, 0.6) is 5.75 Å². The van der Waals surface area contributed by atoms with Gasteiger partial charge in [0.15, 0.2) is 5.65 Å². The number of amides is 1. The molecule has 1 atom stereocenters. The van der Waals surface area contributed by atoms with Crippen molar-refractivity contribution in [3.05, 3.63) is 57.2 Å². The van der Waals surface area contributed by atoms with Crippen molar-refractivity contribution in [2.75, 3.05) is 19.6 Å². The van der Waals surface area contributed by atoms with Crippen molar-refractivity contribution in [1.29, 1.82) is 0 Å². The van der Waals surface area contributed by atoms with Gasteiger partial charge in [0.25, 0.3) is 5.91 Å². The number of aromatic nitrogens is 3. The van der Waals surface area contributed by atoms with E-state index in [0.29, 0.717) is 35.9 Å². The largest absolute Gasteiger partial charge is 0.489 e. The van der Waals surface area contributed by atoms with Crippen LogP contribution in [0.15, 0.2) is 18.2 Å². The van der Waals surface area contributed by atoms with Crippen LogP contribution in [-0.4, -0.2) is 67.3 Å². The number of aliphatic hydroxyl groups is 1. The molecule has 2 aliphatic heterocycles. The topological polar surface area (TPSA) is 83.2 Å². The number of β-amino-alcohol motifs (C(OH)–C–C–N with tert-alkyl or cyclic N) is 1. The maximum absolute atomic E-state index is 14.1. The predicted molar refractivity (Wildman–Crippen MR) is 129 cm³/mol. The number of fused-ring (bicyclic) bond motifs is 3. The van der Waals surface area contributed by atoms with E-state index < -0.39 is 5.82 Å². The highest BCUT2D eigenvalue weighted by molar-refractivity contribution is 6.31. The number of carbonyl (C=O) groups is 1. The van der Waals surface area contributed by atoms with E-state index in [4.69, 9.17) is 16.3 Å². The summed E-state index contributed by atoms with van der Waals surface area (Å²) >= 11 is 6.33. The quantitative estimate of drug-likeness (QED) is 0.576. The van der Waals surface area contributed by atoms with Crippen LogP contribution < -0.4 is 4.74 Å². The Morgan fingerprint density at radius 1 is 1.29 bits per heavy atom. The number of likely N-dealkylation sites (tertiary alicyclic amines) is 1. The molecule has 3 aromatic rings. The van der Waals surface area contributed by atoms with Crippen molar-refractivity contribution >= 4 is 23.2 Å². The van der Waals surface area contributed by atoms with Gasteiger partial charge in [-0.1, -0.05) is 11.6 Å². The number of nitrogens with zero attached hydrogens (tertiary/aromatic N) is 5. The third-order valence-corrected chi connectivity index (χ3v) is 7.31. The summed E-state index contributed by atoms with van der Waals surface area (Å²) in [6.07, 6.45) is 0.994. The van der Waals surface area contributed by atoms with Gasteiger partial charge in [-0.2, -0.15) is 5.10 Å². The molecular formula is C25H29ClFN5O3. The number of ether oxygens (including phenoxy) is 1. The summed E-state index contributed by atoms with van der Waals surface area (Å²) < 4.78 is 22.0. The molecule has 35 heavy (non-hydrogen) atoms. The average Bonchev–Trinajstić information content (AvgIpc) is 3.37. The maximum Gasteiger partial charge on any atom is 0.258 e. The first-order valence-electron chi connectivity index (χ1n) is 11.9. The highest BCUT2D eigenvalue weighted by Gasteiger charge is 2.32. The number of benzene rings is 1. The van der Waals surface area contributed by atoms with Crippen LogP contribution >= 0.6 is 11.6 Å². The molecule has 4 heterocycles. The molecule has 2 aromatic heterocycles. The number of hydrogen-bond acceptors (Lipinski definition) is 6. The van der Waals surface area contributed by atoms with Gasteiger partial charge >= 0.3 is 0 Å². The van der Waals surface area contributed by atoms with Crippen molar-refractivity contribution in [2.45, 2.75) is 58.9 Å². The lowest BCUT2D eigenvalue weighted by Gasteiger charge is -2.33. The van der Waals surface area contributed by atoms with Gasteiger partial charge in [0.1, 0.15) is 17.7 Å². The van der Waals surface area contributed by atoms with Gasteiger partial charge in [-0.3, -0.25) is 4.79 Å². The molecule has 1 N–H and O–H groups in total. The second-order valence-electron chi connectivity index (χ2n) is 9.53. The predicted octanol–water partition coefficient (Wildman–Crippen LogP) is 3.52. The van der Waals surface area contributed by atoms with E-state index in [0.717, 1.165) is 48.6 Å². The van der Waals surface area contributed by atoms with E-state index in [-0.39, 0.29) is 23.9 Å². The van der Waals surface area contributed by atoms with Gasteiger partial charge in [-0.25, -0.2) is 13.9 Å². The molecule has 186 valence electrons. The van der Waals surface area contributed by atoms with Gasteiger partial charge < -0.3 is 19.6 Å². The second kappa shape index (κ2) is 9.37. The Labute approximate surface area is 208 Å². The summed E-state index contributed by atoms with van der Waals surface area (Å²) in [5, 5.41) is 14.8. The molecule has 10 heteroatoms. The van der Waals surface area contributed by atoms with E-state index >= 15 is 0 Å². The minimum absolute atomic E-state index is 0.117. The summed E-state index contributed by atoms with van der Waals surface area (Å²) in [6.45, 7) is 8.40. The minimum Gasteiger partial charge on any atom is -0.489 e. The fraction of sp³-hybridized carbons (Fsp3) is 0.480. The fourth-order valence-electron chi connectivity index (χ4n) is 4.96. The van der Waals surface area contributed by atoms with E-state index in [1.807, 2.05) is 13.8 Å².